The Balaban J connectivity index is 2.65. The Morgan fingerprint density at radius 1 is 1.31 bits per heavy atom. The first kappa shape index (κ1) is 12.2. The molecule has 0 aromatic carbocycles. The first-order valence-electron chi connectivity index (χ1n) is 4.88. The maximum Gasteiger partial charge on any atom is 0.255 e. The van der Waals surface area contributed by atoms with Crippen LogP contribution in [0, 0.1) is 0 Å². The van der Waals surface area contributed by atoms with Crippen molar-refractivity contribution in [1.29, 1.82) is 0 Å². The van der Waals surface area contributed by atoms with E-state index < -0.39 is 0 Å². The predicted octanol–water partition coefficient (Wildman–Crippen LogP) is 0.242. The van der Waals surface area contributed by atoms with Crippen LogP contribution >= 0.6 is 0 Å². The zero-order valence-electron chi connectivity index (χ0n) is 9.67. The topological polar surface area (TPSA) is 53.5 Å². The Labute approximate surface area is 94.7 Å². The van der Waals surface area contributed by atoms with Gasteiger partial charge < -0.3 is 9.80 Å². The Kier molecular flexibility index (Phi) is 3.99. The summed E-state index contributed by atoms with van der Waals surface area (Å²) in [5.41, 5.74) is 0.483. The molecule has 0 unspecified atom stereocenters. The lowest BCUT2D eigenvalue weighted by Gasteiger charge is -2.19. The highest BCUT2D eigenvalue weighted by Gasteiger charge is 2.15. The molecule has 0 aliphatic rings. The minimum Gasteiger partial charge on any atom is -0.347 e. The predicted molar refractivity (Wildman–Crippen MR) is 59.9 cm³/mol. The lowest BCUT2D eigenvalue weighted by molar-refractivity contribution is -0.129. The molecule has 0 spiro atoms. The summed E-state index contributed by atoms with van der Waals surface area (Å²) in [7, 11) is 4.91. The second kappa shape index (κ2) is 5.25. The molecule has 0 N–H and O–H groups in total. The van der Waals surface area contributed by atoms with Crippen molar-refractivity contribution < 1.29 is 9.59 Å². The van der Waals surface area contributed by atoms with Gasteiger partial charge in [-0.3, -0.25) is 14.6 Å². The lowest BCUT2D eigenvalue weighted by atomic mass is 10.2. The van der Waals surface area contributed by atoms with Crippen molar-refractivity contribution >= 4 is 11.8 Å². The third-order valence-corrected chi connectivity index (χ3v) is 2.13. The molecule has 0 bridgehead atoms. The van der Waals surface area contributed by atoms with Crippen LogP contribution in [0.15, 0.2) is 24.5 Å². The van der Waals surface area contributed by atoms with Gasteiger partial charge in [0.25, 0.3) is 5.91 Å². The largest absolute Gasteiger partial charge is 0.347 e. The molecule has 1 rings (SSSR count). The Morgan fingerprint density at radius 2 is 2.00 bits per heavy atom. The highest BCUT2D eigenvalue weighted by molar-refractivity contribution is 5.95. The van der Waals surface area contributed by atoms with Crippen LogP contribution in [0.25, 0.3) is 0 Å². The highest BCUT2D eigenvalue weighted by Crippen LogP contribution is 2.01. The third kappa shape index (κ3) is 3.05. The van der Waals surface area contributed by atoms with Crippen LogP contribution in [0.5, 0.6) is 0 Å². The molecular formula is C11H15N3O2. The monoisotopic (exact) mass is 221 g/mol. The zero-order valence-corrected chi connectivity index (χ0v) is 9.67. The van der Waals surface area contributed by atoms with Crippen molar-refractivity contribution in [2.24, 2.45) is 0 Å². The van der Waals surface area contributed by atoms with Gasteiger partial charge in [0.05, 0.1) is 12.1 Å². The van der Waals surface area contributed by atoms with Crippen molar-refractivity contribution in [1.82, 2.24) is 14.8 Å². The molecule has 0 saturated heterocycles. The molecule has 0 radical (unpaired) electrons. The van der Waals surface area contributed by atoms with Crippen LogP contribution in [0.1, 0.15) is 10.4 Å². The standard InChI is InChI=1S/C11H15N3O2/c1-13(2)10(15)8-14(3)11(16)9-5-4-6-12-7-9/h4-7H,8H2,1-3H3. The summed E-state index contributed by atoms with van der Waals surface area (Å²) in [4.78, 5) is 29.9. The molecular weight excluding hydrogens is 206 g/mol. The Hall–Kier alpha value is -1.91. The molecule has 0 atom stereocenters. The van der Waals surface area contributed by atoms with Crippen molar-refractivity contribution in [2.45, 2.75) is 0 Å². The van der Waals surface area contributed by atoms with Crippen molar-refractivity contribution in [3.63, 3.8) is 0 Å². The van der Waals surface area contributed by atoms with Gasteiger partial charge in [-0.2, -0.15) is 0 Å². The number of nitrogens with zero attached hydrogens (tertiary/aromatic N) is 3. The number of hydrogen-bond acceptors (Lipinski definition) is 3. The van der Waals surface area contributed by atoms with Gasteiger partial charge in [-0.15, -0.1) is 0 Å². The molecule has 0 fully saturated rings. The molecule has 5 nitrogen and oxygen atoms in total. The SMILES string of the molecule is CN(C)C(=O)CN(C)C(=O)c1cccnc1. The van der Waals surface area contributed by atoms with E-state index in [4.69, 9.17) is 0 Å². The van der Waals surface area contributed by atoms with E-state index in [0.717, 1.165) is 0 Å². The van der Waals surface area contributed by atoms with Crippen LogP contribution in [-0.4, -0.2) is 54.3 Å². The van der Waals surface area contributed by atoms with Gasteiger partial charge in [0.2, 0.25) is 5.91 Å². The van der Waals surface area contributed by atoms with E-state index in [9.17, 15) is 9.59 Å². The van der Waals surface area contributed by atoms with Crippen molar-refractivity contribution in [2.75, 3.05) is 27.7 Å². The molecule has 86 valence electrons. The average Bonchev–Trinajstić information content (AvgIpc) is 2.28. The number of aromatic nitrogens is 1. The maximum atomic E-state index is 11.8. The fourth-order valence-electron chi connectivity index (χ4n) is 1.13. The summed E-state index contributed by atoms with van der Waals surface area (Å²) < 4.78 is 0. The van der Waals surface area contributed by atoms with Gasteiger partial charge in [-0.05, 0) is 12.1 Å². The molecule has 1 aromatic heterocycles. The quantitative estimate of drug-likeness (QED) is 0.734. The first-order valence-corrected chi connectivity index (χ1v) is 4.88. The van der Waals surface area contributed by atoms with Crippen LogP contribution in [-0.2, 0) is 4.79 Å². The fraction of sp³-hybridized carbons (Fsp3) is 0.364. The van der Waals surface area contributed by atoms with Crippen LogP contribution < -0.4 is 0 Å². The zero-order chi connectivity index (χ0) is 12.1. The summed E-state index contributed by atoms with van der Waals surface area (Å²) in [6, 6.07) is 3.36. The summed E-state index contributed by atoms with van der Waals surface area (Å²) in [6.07, 6.45) is 3.08. The molecule has 0 aliphatic heterocycles. The minimum atomic E-state index is -0.205. The third-order valence-electron chi connectivity index (χ3n) is 2.13. The number of likely N-dealkylation sites (N-methyl/N-ethyl adjacent to an activating group) is 2. The molecule has 0 aliphatic carbocycles. The smallest absolute Gasteiger partial charge is 0.255 e. The van der Waals surface area contributed by atoms with Crippen molar-refractivity contribution in [3.05, 3.63) is 30.1 Å². The number of amides is 2. The van der Waals surface area contributed by atoms with E-state index in [1.165, 1.54) is 16.0 Å². The van der Waals surface area contributed by atoms with Gasteiger partial charge in [-0.25, -0.2) is 0 Å². The van der Waals surface area contributed by atoms with E-state index in [1.807, 2.05) is 0 Å². The maximum absolute atomic E-state index is 11.8. The van der Waals surface area contributed by atoms with E-state index in [2.05, 4.69) is 4.98 Å². The van der Waals surface area contributed by atoms with Crippen LogP contribution in [0.3, 0.4) is 0 Å². The van der Waals surface area contributed by atoms with Gasteiger partial charge in [0, 0.05) is 33.5 Å². The number of hydrogen-bond donors (Lipinski definition) is 0. The van der Waals surface area contributed by atoms with Gasteiger partial charge in [0.1, 0.15) is 0 Å². The molecule has 1 aromatic rings. The molecule has 5 heteroatoms. The van der Waals surface area contributed by atoms with E-state index >= 15 is 0 Å². The Morgan fingerprint density at radius 3 is 2.50 bits per heavy atom. The number of rotatable bonds is 3. The van der Waals surface area contributed by atoms with Gasteiger partial charge in [0.15, 0.2) is 0 Å². The number of carbonyl (C=O) groups excluding carboxylic acids is 2. The normalized spacial score (nSPS) is 9.69. The molecule has 1 heterocycles. The second-order valence-electron chi connectivity index (χ2n) is 3.69. The highest BCUT2D eigenvalue weighted by atomic mass is 16.2. The van der Waals surface area contributed by atoms with Crippen LogP contribution in [0.2, 0.25) is 0 Å². The summed E-state index contributed by atoms with van der Waals surface area (Å²) in [6.45, 7) is 0.0702. The Bertz CT molecular complexity index is 376. The van der Waals surface area contributed by atoms with E-state index in [1.54, 1.807) is 39.5 Å². The first-order chi connectivity index (χ1) is 7.52. The van der Waals surface area contributed by atoms with Crippen molar-refractivity contribution in [3.8, 4) is 0 Å². The number of carbonyl (C=O) groups is 2. The summed E-state index contributed by atoms with van der Waals surface area (Å²) in [5, 5.41) is 0. The molecule has 0 saturated carbocycles. The summed E-state index contributed by atoms with van der Waals surface area (Å²) >= 11 is 0. The van der Waals surface area contributed by atoms with Gasteiger partial charge in [-0.1, -0.05) is 0 Å². The van der Waals surface area contributed by atoms with Crippen LogP contribution in [0.4, 0.5) is 0 Å². The number of pyridine rings is 1. The van der Waals surface area contributed by atoms with E-state index in [-0.39, 0.29) is 18.4 Å². The lowest BCUT2D eigenvalue weighted by Crippen LogP contribution is -2.37. The molecule has 16 heavy (non-hydrogen) atoms. The van der Waals surface area contributed by atoms with E-state index in [0.29, 0.717) is 5.56 Å². The fourth-order valence-corrected chi connectivity index (χ4v) is 1.13. The molecule has 2 amide bonds. The minimum absolute atomic E-state index is 0.0702. The van der Waals surface area contributed by atoms with Gasteiger partial charge >= 0.3 is 0 Å². The average molecular weight is 221 g/mol. The summed E-state index contributed by atoms with van der Waals surface area (Å²) in [5.74, 6) is -0.317. The second-order valence-corrected chi connectivity index (χ2v) is 3.69.